The summed E-state index contributed by atoms with van der Waals surface area (Å²) in [4.78, 5) is 22.5. The van der Waals surface area contributed by atoms with Crippen molar-refractivity contribution in [3.8, 4) is 11.8 Å². The van der Waals surface area contributed by atoms with Crippen molar-refractivity contribution >= 4 is 17.2 Å². The Morgan fingerprint density at radius 3 is 2.91 bits per heavy atom. The van der Waals surface area contributed by atoms with E-state index in [-0.39, 0.29) is 12.0 Å². The van der Waals surface area contributed by atoms with E-state index in [1.807, 2.05) is 21.7 Å². The third-order valence-corrected chi connectivity index (χ3v) is 4.22. The van der Waals surface area contributed by atoms with Crippen molar-refractivity contribution in [2.75, 3.05) is 20.2 Å². The maximum Gasteiger partial charge on any atom is 0.278 e. The molecule has 1 fully saturated rings. The molecule has 1 atom stereocenters. The van der Waals surface area contributed by atoms with Gasteiger partial charge in [-0.05, 0) is 24.3 Å². The minimum Gasteiger partial charge on any atom is -0.477 e. The molecule has 1 amide bonds. The molecule has 1 saturated heterocycles. The fourth-order valence-electron chi connectivity index (χ4n) is 2.48. The number of nitrogens with zero attached hydrogens (tertiary/aromatic N) is 3. The van der Waals surface area contributed by atoms with Crippen molar-refractivity contribution in [2.24, 2.45) is 0 Å². The predicted octanol–water partition coefficient (Wildman–Crippen LogP) is 2.23. The van der Waals surface area contributed by atoms with Crippen molar-refractivity contribution < 1.29 is 14.3 Å². The molecule has 0 N–H and O–H groups in total. The molecule has 0 unspecified atom stereocenters. The van der Waals surface area contributed by atoms with E-state index < -0.39 is 0 Å². The quantitative estimate of drug-likeness (QED) is 0.864. The van der Waals surface area contributed by atoms with Crippen LogP contribution in [-0.2, 0) is 0 Å². The lowest BCUT2D eigenvalue weighted by Gasteiger charge is -2.32. The van der Waals surface area contributed by atoms with Crippen LogP contribution >= 0.6 is 11.3 Å². The van der Waals surface area contributed by atoms with E-state index in [4.69, 9.17) is 9.47 Å². The minimum atomic E-state index is -0.0954. The first kappa shape index (κ1) is 14.8. The normalized spacial score (nSPS) is 18.0. The number of carbonyl (C=O) groups is 1. The van der Waals surface area contributed by atoms with Crippen LogP contribution in [-0.4, -0.2) is 47.1 Å². The van der Waals surface area contributed by atoms with Crippen LogP contribution in [0.15, 0.2) is 29.2 Å². The molecule has 2 aromatic rings. The van der Waals surface area contributed by atoms with E-state index in [0.717, 1.165) is 24.9 Å². The predicted molar refractivity (Wildman–Crippen MR) is 82.5 cm³/mol. The average Bonchev–Trinajstić information content (AvgIpc) is 3.09. The zero-order valence-electron chi connectivity index (χ0n) is 12.3. The molecular formula is C15H17N3O3S. The van der Waals surface area contributed by atoms with E-state index in [0.29, 0.717) is 18.3 Å². The van der Waals surface area contributed by atoms with Gasteiger partial charge in [0.2, 0.25) is 0 Å². The number of aromatic nitrogens is 2. The Morgan fingerprint density at radius 2 is 2.18 bits per heavy atom. The second kappa shape index (κ2) is 6.74. The van der Waals surface area contributed by atoms with Gasteiger partial charge < -0.3 is 14.4 Å². The van der Waals surface area contributed by atoms with Gasteiger partial charge in [0.1, 0.15) is 6.10 Å². The van der Waals surface area contributed by atoms with Gasteiger partial charge in [-0.15, -0.1) is 0 Å². The van der Waals surface area contributed by atoms with Crippen LogP contribution < -0.4 is 9.47 Å². The van der Waals surface area contributed by atoms with Gasteiger partial charge >= 0.3 is 0 Å². The smallest absolute Gasteiger partial charge is 0.278 e. The van der Waals surface area contributed by atoms with Crippen molar-refractivity contribution in [1.29, 1.82) is 0 Å². The molecule has 22 heavy (non-hydrogen) atoms. The van der Waals surface area contributed by atoms with Crippen LogP contribution in [0.25, 0.3) is 0 Å². The van der Waals surface area contributed by atoms with Crippen molar-refractivity contribution in [3.05, 3.63) is 34.8 Å². The van der Waals surface area contributed by atoms with Gasteiger partial charge in [0.05, 0.1) is 19.2 Å². The summed E-state index contributed by atoms with van der Waals surface area (Å²) < 4.78 is 11.0. The summed E-state index contributed by atoms with van der Waals surface area (Å²) in [6, 6.07) is 1.85. The third kappa shape index (κ3) is 3.19. The molecule has 0 spiro atoms. The highest BCUT2D eigenvalue weighted by atomic mass is 32.1. The van der Waals surface area contributed by atoms with Crippen molar-refractivity contribution in [2.45, 2.75) is 18.9 Å². The number of amides is 1. The fourth-order valence-corrected chi connectivity index (χ4v) is 3.11. The highest BCUT2D eigenvalue weighted by molar-refractivity contribution is 7.08. The number of thiophene rings is 1. The number of hydrogen-bond acceptors (Lipinski definition) is 6. The highest BCUT2D eigenvalue weighted by Crippen LogP contribution is 2.24. The zero-order valence-corrected chi connectivity index (χ0v) is 13.1. The number of methoxy groups -OCH3 is 1. The molecule has 3 heterocycles. The average molecular weight is 319 g/mol. The molecule has 0 bridgehead atoms. The fraction of sp³-hybridized carbons (Fsp3) is 0.400. The molecule has 2 aromatic heterocycles. The zero-order chi connectivity index (χ0) is 15.4. The first-order valence-corrected chi connectivity index (χ1v) is 8.05. The molecule has 116 valence electrons. The third-order valence-electron chi connectivity index (χ3n) is 3.54. The first-order valence-electron chi connectivity index (χ1n) is 7.11. The lowest BCUT2D eigenvalue weighted by molar-refractivity contribution is 0.0520. The monoisotopic (exact) mass is 319 g/mol. The molecule has 6 nitrogen and oxygen atoms in total. The van der Waals surface area contributed by atoms with Gasteiger partial charge in [-0.25, -0.2) is 9.97 Å². The molecule has 0 radical (unpaired) electrons. The number of piperidine rings is 1. The Kier molecular flexibility index (Phi) is 4.53. The van der Waals surface area contributed by atoms with Crippen LogP contribution in [0.2, 0.25) is 0 Å². The Morgan fingerprint density at radius 1 is 1.36 bits per heavy atom. The van der Waals surface area contributed by atoms with E-state index in [2.05, 4.69) is 9.97 Å². The Balaban J connectivity index is 1.67. The van der Waals surface area contributed by atoms with Gasteiger partial charge in [-0.1, -0.05) is 0 Å². The molecule has 0 saturated carbocycles. The second-order valence-corrected chi connectivity index (χ2v) is 5.80. The molecular weight excluding hydrogens is 302 g/mol. The SMILES string of the molecule is COc1nccnc1O[C@@H]1CCCN(C(=O)c2ccsc2)C1. The second-order valence-electron chi connectivity index (χ2n) is 5.02. The lowest BCUT2D eigenvalue weighted by atomic mass is 10.1. The summed E-state index contributed by atoms with van der Waals surface area (Å²) >= 11 is 1.53. The number of hydrogen-bond donors (Lipinski definition) is 0. The van der Waals surface area contributed by atoms with Crippen LogP contribution in [0.3, 0.4) is 0 Å². The number of carbonyl (C=O) groups excluding carboxylic acids is 1. The topological polar surface area (TPSA) is 64.6 Å². The Bertz CT molecular complexity index is 633. The standard InChI is InChI=1S/C15H17N3O3S/c1-20-13-14(17-6-5-16-13)21-12-3-2-7-18(9-12)15(19)11-4-8-22-10-11/h4-6,8,10,12H,2-3,7,9H2,1H3/t12-/m1/s1. The van der Waals surface area contributed by atoms with E-state index in [9.17, 15) is 4.79 Å². The van der Waals surface area contributed by atoms with Crippen molar-refractivity contribution in [3.63, 3.8) is 0 Å². The molecule has 0 aliphatic carbocycles. The summed E-state index contributed by atoms with van der Waals surface area (Å²) in [6.07, 6.45) is 4.81. The van der Waals surface area contributed by atoms with Crippen LogP contribution in [0.5, 0.6) is 11.8 Å². The molecule has 1 aliphatic heterocycles. The maximum atomic E-state index is 12.4. The number of rotatable bonds is 4. The van der Waals surface area contributed by atoms with Gasteiger partial charge in [-0.2, -0.15) is 11.3 Å². The Labute approximate surface area is 132 Å². The molecule has 1 aliphatic rings. The minimum absolute atomic E-state index is 0.0562. The summed E-state index contributed by atoms with van der Waals surface area (Å²) in [5.74, 6) is 0.796. The van der Waals surface area contributed by atoms with Crippen LogP contribution in [0.4, 0.5) is 0 Å². The van der Waals surface area contributed by atoms with Gasteiger partial charge in [0.25, 0.3) is 17.7 Å². The first-order chi connectivity index (χ1) is 10.8. The Hall–Kier alpha value is -2.15. The van der Waals surface area contributed by atoms with Crippen molar-refractivity contribution in [1.82, 2.24) is 14.9 Å². The largest absolute Gasteiger partial charge is 0.477 e. The maximum absolute atomic E-state index is 12.4. The summed E-state index contributed by atoms with van der Waals surface area (Å²) in [6.45, 7) is 1.31. The van der Waals surface area contributed by atoms with Crippen LogP contribution in [0.1, 0.15) is 23.2 Å². The molecule has 7 heteroatoms. The summed E-state index contributed by atoms with van der Waals surface area (Å²) in [5.41, 5.74) is 0.739. The van der Waals surface area contributed by atoms with Gasteiger partial charge in [0.15, 0.2) is 0 Å². The highest BCUT2D eigenvalue weighted by Gasteiger charge is 2.27. The lowest BCUT2D eigenvalue weighted by Crippen LogP contribution is -2.44. The van der Waals surface area contributed by atoms with Crippen LogP contribution in [0, 0.1) is 0 Å². The summed E-state index contributed by atoms with van der Waals surface area (Å²) in [5, 5.41) is 3.79. The number of ether oxygens (including phenoxy) is 2. The van der Waals surface area contributed by atoms with E-state index in [1.54, 1.807) is 12.4 Å². The van der Waals surface area contributed by atoms with Gasteiger partial charge in [0, 0.05) is 24.3 Å². The van der Waals surface area contributed by atoms with E-state index in [1.165, 1.54) is 18.4 Å². The molecule has 3 rings (SSSR count). The number of likely N-dealkylation sites (tertiary alicyclic amines) is 1. The summed E-state index contributed by atoms with van der Waals surface area (Å²) in [7, 11) is 1.53. The van der Waals surface area contributed by atoms with E-state index >= 15 is 0 Å². The van der Waals surface area contributed by atoms with Gasteiger partial charge in [-0.3, -0.25) is 4.79 Å². The molecule has 0 aromatic carbocycles.